The van der Waals surface area contributed by atoms with Crippen molar-refractivity contribution in [2.45, 2.75) is 0 Å². The van der Waals surface area contributed by atoms with Crippen molar-refractivity contribution < 1.29 is 14.4 Å². The van der Waals surface area contributed by atoms with Crippen LogP contribution in [0, 0.1) is 0 Å². The van der Waals surface area contributed by atoms with Gasteiger partial charge in [0.15, 0.2) is 0 Å². The first-order valence-electron chi connectivity index (χ1n) is 10.6. The lowest BCUT2D eigenvalue weighted by atomic mass is 10.2. The minimum atomic E-state index is -0.389. The maximum atomic E-state index is 13.1. The zero-order chi connectivity index (χ0) is 23.2. The molecule has 7 heteroatoms. The fourth-order valence-corrected chi connectivity index (χ4v) is 3.51. The molecule has 0 aliphatic heterocycles. The Morgan fingerprint density at radius 1 is 0.788 bits per heavy atom. The lowest BCUT2D eigenvalue weighted by molar-refractivity contribution is -0.121. The zero-order valence-corrected chi connectivity index (χ0v) is 18.2. The third-order valence-electron chi connectivity index (χ3n) is 5.35. The molecular formula is C26H24N4O3. The van der Waals surface area contributed by atoms with Crippen molar-refractivity contribution >= 4 is 40.0 Å². The summed E-state index contributed by atoms with van der Waals surface area (Å²) in [7, 11) is 1.67. The molecule has 0 atom stereocenters. The number of H-pyrrole nitrogens is 1. The highest BCUT2D eigenvalue weighted by molar-refractivity contribution is 6.06. The Labute approximate surface area is 191 Å². The summed E-state index contributed by atoms with van der Waals surface area (Å²) in [5.41, 5.74) is 2.52. The van der Waals surface area contributed by atoms with E-state index in [-0.39, 0.29) is 30.8 Å². The highest BCUT2D eigenvalue weighted by Gasteiger charge is 2.22. The number of hydrogen-bond donors (Lipinski definition) is 2. The molecule has 2 N–H and O–H groups in total. The lowest BCUT2D eigenvalue weighted by Crippen LogP contribution is -2.46. The summed E-state index contributed by atoms with van der Waals surface area (Å²) in [5, 5.41) is 3.57. The number of carbonyl (C=O) groups excluding carboxylic acids is 3. The minimum Gasteiger partial charge on any atom is -0.351 e. The molecule has 0 fully saturated rings. The first kappa shape index (κ1) is 21.8. The summed E-state index contributed by atoms with van der Waals surface area (Å²) in [4.78, 5) is 44.5. The predicted octanol–water partition coefficient (Wildman–Crippen LogP) is 3.59. The van der Waals surface area contributed by atoms with Gasteiger partial charge in [-0.15, -0.1) is 0 Å². The van der Waals surface area contributed by atoms with Crippen LogP contribution in [0.4, 0.5) is 11.4 Å². The van der Waals surface area contributed by atoms with E-state index in [1.807, 2.05) is 60.7 Å². The highest BCUT2D eigenvalue weighted by Crippen LogP contribution is 2.17. The molecule has 0 aliphatic rings. The van der Waals surface area contributed by atoms with Gasteiger partial charge in [-0.25, -0.2) is 0 Å². The van der Waals surface area contributed by atoms with Crippen LogP contribution in [0.1, 0.15) is 10.5 Å². The monoisotopic (exact) mass is 440 g/mol. The van der Waals surface area contributed by atoms with Crippen molar-refractivity contribution in [1.82, 2.24) is 10.3 Å². The number of carbonyl (C=O) groups is 3. The molecule has 3 amide bonds. The van der Waals surface area contributed by atoms with Crippen molar-refractivity contribution in [3.8, 4) is 0 Å². The fraction of sp³-hybridized carbons (Fsp3) is 0.115. The van der Waals surface area contributed by atoms with Crippen molar-refractivity contribution in [2.24, 2.45) is 0 Å². The molecule has 33 heavy (non-hydrogen) atoms. The molecule has 0 radical (unpaired) electrons. The van der Waals surface area contributed by atoms with Gasteiger partial charge in [0.2, 0.25) is 11.8 Å². The maximum Gasteiger partial charge on any atom is 0.268 e. The van der Waals surface area contributed by atoms with Crippen molar-refractivity contribution in [2.75, 3.05) is 29.9 Å². The smallest absolute Gasteiger partial charge is 0.268 e. The second-order valence-electron chi connectivity index (χ2n) is 7.56. The second-order valence-corrected chi connectivity index (χ2v) is 7.56. The number of fused-ring (bicyclic) bond motifs is 1. The number of benzene rings is 3. The van der Waals surface area contributed by atoms with E-state index in [0.29, 0.717) is 11.4 Å². The molecule has 1 aromatic heterocycles. The molecule has 4 rings (SSSR count). The van der Waals surface area contributed by atoms with Crippen LogP contribution in [0.2, 0.25) is 0 Å². The SMILES string of the molecule is CN(C(=O)CN(C(=O)CNC(=O)c1cc2ccccc2[nH]1)c1ccccc1)c1ccccc1. The van der Waals surface area contributed by atoms with Crippen LogP contribution >= 0.6 is 0 Å². The standard InChI is InChI=1S/C26H24N4O3/c1-29(20-11-4-2-5-12-20)25(32)18-30(21-13-6-3-7-14-21)24(31)17-27-26(33)23-16-19-10-8-9-15-22(19)28-23/h2-16,28H,17-18H2,1H3,(H,27,33). The number of hydrogen-bond acceptors (Lipinski definition) is 3. The van der Waals surface area contributed by atoms with E-state index in [0.717, 1.165) is 16.6 Å². The van der Waals surface area contributed by atoms with Crippen LogP contribution < -0.4 is 15.1 Å². The van der Waals surface area contributed by atoms with Crippen molar-refractivity contribution in [3.05, 3.63) is 96.7 Å². The number of likely N-dealkylation sites (N-methyl/N-ethyl adjacent to an activating group) is 1. The number of aromatic nitrogens is 1. The number of aromatic amines is 1. The molecule has 3 aromatic carbocycles. The summed E-state index contributed by atoms with van der Waals surface area (Å²) in [6.07, 6.45) is 0. The number of para-hydroxylation sites is 3. The number of anilines is 2. The van der Waals surface area contributed by atoms with E-state index in [1.54, 1.807) is 37.4 Å². The number of rotatable bonds is 7. The quantitative estimate of drug-likeness (QED) is 0.461. The van der Waals surface area contributed by atoms with Crippen LogP contribution in [0.25, 0.3) is 10.9 Å². The molecule has 1 heterocycles. The second kappa shape index (κ2) is 9.82. The van der Waals surface area contributed by atoms with Gasteiger partial charge >= 0.3 is 0 Å². The third kappa shape index (κ3) is 5.10. The Bertz CT molecular complexity index is 1240. The molecule has 166 valence electrons. The Morgan fingerprint density at radius 2 is 1.39 bits per heavy atom. The first-order valence-corrected chi connectivity index (χ1v) is 10.6. The van der Waals surface area contributed by atoms with Crippen LogP contribution in [0.5, 0.6) is 0 Å². The highest BCUT2D eigenvalue weighted by atomic mass is 16.2. The van der Waals surface area contributed by atoms with Gasteiger partial charge < -0.3 is 20.1 Å². The van der Waals surface area contributed by atoms with Crippen molar-refractivity contribution in [1.29, 1.82) is 0 Å². The molecule has 4 aromatic rings. The van der Waals surface area contributed by atoms with Crippen LogP contribution in [-0.4, -0.2) is 42.8 Å². The normalized spacial score (nSPS) is 10.6. The van der Waals surface area contributed by atoms with Gasteiger partial charge in [-0.3, -0.25) is 14.4 Å². The van der Waals surface area contributed by atoms with Crippen molar-refractivity contribution in [3.63, 3.8) is 0 Å². The summed E-state index contributed by atoms with van der Waals surface area (Å²) in [6, 6.07) is 27.4. The topological polar surface area (TPSA) is 85.5 Å². The maximum absolute atomic E-state index is 13.1. The van der Waals surface area contributed by atoms with Crippen LogP contribution in [-0.2, 0) is 9.59 Å². The average molecular weight is 441 g/mol. The van der Waals surface area contributed by atoms with Gasteiger partial charge in [-0.05, 0) is 36.4 Å². The van der Waals surface area contributed by atoms with Gasteiger partial charge in [0.25, 0.3) is 5.91 Å². The first-order chi connectivity index (χ1) is 16.0. The van der Waals surface area contributed by atoms with Gasteiger partial charge in [0.1, 0.15) is 12.2 Å². The molecule has 0 unspecified atom stereocenters. The van der Waals surface area contributed by atoms with E-state index in [4.69, 9.17) is 0 Å². The van der Waals surface area contributed by atoms with Gasteiger partial charge in [0.05, 0.1) is 6.54 Å². The minimum absolute atomic E-state index is 0.156. The zero-order valence-electron chi connectivity index (χ0n) is 18.2. The van der Waals surface area contributed by atoms with Gasteiger partial charge in [0, 0.05) is 29.3 Å². The van der Waals surface area contributed by atoms with E-state index >= 15 is 0 Å². The summed E-state index contributed by atoms with van der Waals surface area (Å²) < 4.78 is 0. The van der Waals surface area contributed by atoms with Gasteiger partial charge in [-0.1, -0.05) is 54.6 Å². The van der Waals surface area contributed by atoms with E-state index in [9.17, 15) is 14.4 Å². The predicted molar refractivity (Wildman–Crippen MR) is 129 cm³/mol. The fourth-order valence-electron chi connectivity index (χ4n) is 3.51. The summed E-state index contributed by atoms with van der Waals surface area (Å²) in [6.45, 7) is -0.401. The van der Waals surface area contributed by atoms with E-state index < -0.39 is 0 Å². The van der Waals surface area contributed by atoms with Gasteiger partial charge in [-0.2, -0.15) is 0 Å². The molecule has 7 nitrogen and oxygen atoms in total. The summed E-state index contributed by atoms with van der Waals surface area (Å²) >= 11 is 0. The molecular weight excluding hydrogens is 416 g/mol. The van der Waals surface area contributed by atoms with E-state index in [2.05, 4.69) is 10.3 Å². The third-order valence-corrected chi connectivity index (χ3v) is 5.35. The molecule has 0 saturated heterocycles. The molecule has 0 aliphatic carbocycles. The number of amides is 3. The molecule has 0 bridgehead atoms. The van der Waals surface area contributed by atoms with Crippen LogP contribution in [0.3, 0.4) is 0 Å². The number of nitrogens with zero attached hydrogens (tertiary/aromatic N) is 2. The van der Waals surface area contributed by atoms with Crippen LogP contribution in [0.15, 0.2) is 91.0 Å². The summed E-state index contributed by atoms with van der Waals surface area (Å²) in [5.74, 6) is -1.03. The lowest BCUT2D eigenvalue weighted by Gasteiger charge is -2.25. The van der Waals surface area contributed by atoms with E-state index in [1.165, 1.54) is 9.80 Å². The Balaban J connectivity index is 1.46. The Hall–Kier alpha value is -4.39. The average Bonchev–Trinajstić information content (AvgIpc) is 3.30. The Morgan fingerprint density at radius 3 is 2.06 bits per heavy atom. The number of nitrogens with one attached hydrogen (secondary N) is 2. The Kier molecular flexibility index (Phi) is 6.50. The molecule has 0 saturated carbocycles. The largest absolute Gasteiger partial charge is 0.351 e. The molecule has 0 spiro atoms.